The first-order valence-electron chi connectivity index (χ1n) is 5.89. The fourth-order valence-electron chi connectivity index (χ4n) is 1.35. The number of carbonyl (C=O) groups excluding carboxylic acids is 2. The molecule has 1 amide bonds. The highest BCUT2D eigenvalue weighted by Gasteiger charge is 1.92. The van der Waals surface area contributed by atoms with Crippen molar-refractivity contribution in [3.8, 4) is 0 Å². The first-order chi connectivity index (χ1) is 9.11. The average Bonchev–Trinajstić information content (AvgIpc) is 2.42. The smallest absolute Gasteiger partial charge is 0.330 e. The highest BCUT2D eigenvalue weighted by Crippen LogP contribution is 2.07. The molecule has 0 fully saturated rings. The van der Waals surface area contributed by atoms with Crippen LogP contribution >= 0.6 is 0 Å². The Morgan fingerprint density at radius 2 is 1.74 bits per heavy atom. The second-order valence-electron chi connectivity index (χ2n) is 3.86. The average molecular weight is 259 g/mol. The third-order valence-electron chi connectivity index (χ3n) is 2.33. The van der Waals surface area contributed by atoms with Crippen LogP contribution in [0.15, 0.2) is 36.4 Å². The molecule has 0 radical (unpaired) electrons. The van der Waals surface area contributed by atoms with Gasteiger partial charge in [0.05, 0.1) is 7.11 Å². The van der Waals surface area contributed by atoms with Crippen molar-refractivity contribution in [2.75, 3.05) is 13.7 Å². The number of carbonyl (C=O) groups is 2. The number of methoxy groups -OCH3 is 1. The topological polar surface area (TPSA) is 55.4 Å². The Morgan fingerprint density at radius 3 is 2.26 bits per heavy atom. The molecule has 0 bridgehead atoms. The summed E-state index contributed by atoms with van der Waals surface area (Å²) in [6, 6.07) is 7.66. The van der Waals surface area contributed by atoms with Crippen molar-refractivity contribution in [1.82, 2.24) is 5.32 Å². The number of benzene rings is 1. The molecule has 0 atom stereocenters. The summed E-state index contributed by atoms with van der Waals surface area (Å²) in [5, 5.41) is 2.68. The third kappa shape index (κ3) is 6.21. The van der Waals surface area contributed by atoms with Crippen molar-refractivity contribution in [3.05, 3.63) is 47.5 Å². The summed E-state index contributed by atoms with van der Waals surface area (Å²) < 4.78 is 4.51. The zero-order valence-corrected chi connectivity index (χ0v) is 11.1. The van der Waals surface area contributed by atoms with Gasteiger partial charge < -0.3 is 10.1 Å². The van der Waals surface area contributed by atoms with Gasteiger partial charge in [-0.2, -0.15) is 0 Å². The molecule has 0 saturated heterocycles. The molecule has 0 aliphatic rings. The Balaban J connectivity index is 2.54. The molecule has 0 saturated carbocycles. The number of rotatable bonds is 5. The van der Waals surface area contributed by atoms with Gasteiger partial charge in [0.15, 0.2) is 0 Å². The van der Waals surface area contributed by atoms with E-state index in [0.717, 1.165) is 11.1 Å². The van der Waals surface area contributed by atoms with E-state index < -0.39 is 0 Å². The van der Waals surface area contributed by atoms with Gasteiger partial charge in [-0.3, -0.25) is 4.79 Å². The first kappa shape index (κ1) is 14.7. The highest BCUT2D eigenvalue weighted by molar-refractivity contribution is 5.86. The molecule has 0 spiro atoms. The van der Waals surface area contributed by atoms with E-state index in [4.69, 9.17) is 0 Å². The van der Waals surface area contributed by atoms with Gasteiger partial charge in [-0.05, 0) is 17.2 Å². The number of amides is 1. The zero-order valence-electron chi connectivity index (χ0n) is 11.1. The van der Waals surface area contributed by atoms with Crippen molar-refractivity contribution in [1.29, 1.82) is 0 Å². The van der Waals surface area contributed by atoms with Crippen LogP contribution in [0.3, 0.4) is 0 Å². The lowest BCUT2D eigenvalue weighted by Gasteiger charge is -1.97. The quantitative estimate of drug-likeness (QED) is 0.650. The fourth-order valence-corrected chi connectivity index (χ4v) is 1.35. The van der Waals surface area contributed by atoms with Crippen molar-refractivity contribution < 1.29 is 14.3 Å². The van der Waals surface area contributed by atoms with E-state index in [0.29, 0.717) is 6.54 Å². The summed E-state index contributed by atoms with van der Waals surface area (Å²) >= 11 is 0. The van der Waals surface area contributed by atoms with Crippen LogP contribution in [0.25, 0.3) is 12.2 Å². The highest BCUT2D eigenvalue weighted by atomic mass is 16.5. The maximum absolute atomic E-state index is 10.9. The lowest BCUT2D eigenvalue weighted by Crippen LogP contribution is -2.19. The van der Waals surface area contributed by atoms with Gasteiger partial charge in [0.2, 0.25) is 5.91 Å². The molecule has 4 heteroatoms. The first-order valence-corrected chi connectivity index (χ1v) is 5.89. The molecular weight excluding hydrogens is 242 g/mol. The molecule has 0 aliphatic heterocycles. The van der Waals surface area contributed by atoms with E-state index in [-0.39, 0.29) is 11.9 Å². The Labute approximate surface area is 112 Å². The summed E-state index contributed by atoms with van der Waals surface area (Å²) in [6.07, 6.45) is 6.86. The minimum Gasteiger partial charge on any atom is -0.466 e. The van der Waals surface area contributed by atoms with Crippen LogP contribution in [0, 0.1) is 0 Å². The van der Waals surface area contributed by atoms with E-state index in [1.165, 1.54) is 20.1 Å². The second kappa shape index (κ2) is 7.87. The van der Waals surface area contributed by atoms with Crippen molar-refractivity contribution >= 4 is 24.0 Å². The molecule has 0 aliphatic carbocycles. The molecule has 1 N–H and O–H groups in total. The molecule has 100 valence electrons. The molecule has 1 rings (SSSR count). The molecule has 1 aromatic carbocycles. The van der Waals surface area contributed by atoms with E-state index in [2.05, 4.69) is 10.1 Å². The Hall–Kier alpha value is -2.36. The van der Waals surface area contributed by atoms with E-state index in [1.54, 1.807) is 6.08 Å². The minimum absolute atomic E-state index is 0.0482. The van der Waals surface area contributed by atoms with Crippen molar-refractivity contribution in [3.63, 3.8) is 0 Å². The van der Waals surface area contributed by atoms with Gasteiger partial charge in [-0.25, -0.2) is 4.79 Å². The van der Waals surface area contributed by atoms with Gasteiger partial charge in [0.25, 0.3) is 0 Å². The maximum Gasteiger partial charge on any atom is 0.330 e. The monoisotopic (exact) mass is 259 g/mol. The minimum atomic E-state index is -0.376. The lowest BCUT2D eigenvalue weighted by atomic mass is 10.1. The van der Waals surface area contributed by atoms with Crippen LogP contribution in [0.5, 0.6) is 0 Å². The molecule has 1 aromatic rings. The SMILES string of the molecule is COC(=O)/C=C/c1ccc(C=CCNC(C)=O)cc1. The number of nitrogens with one attached hydrogen (secondary N) is 1. The molecule has 0 aromatic heterocycles. The molecule has 0 heterocycles. The van der Waals surface area contributed by atoms with Crippen LogP contribution in [0.1, 0.15) is 18.1 Å². The van der Waals surface area contributed by atoms with Crippen LogP contribution in [0.4, 0.5) is 0 Å². The predicted octanol–water partition coefficient (Wildman–Crippen LogP) is 2.02. The van der Waals surface area contributed by atoms with E-state index >= 15 is 0 Å². The summed E-state index contributed by atoms with van der Waals surface area (Å²) in [4.78, 5) is 21.6. The van der Waals surface area contributed by atoms with Gasteiger partial charge in [0, 0.05) is 19.5 Å². The van der Waals surface area contributed by atoms with Gasteiger partial charge >= 0.3 is 5.97 Å². The van der Waals surface area contributed by atoms with Gasteiger partial charge in [-0.1, -0.05) is 36.4 Å². The molecule has 4 nitrogen and oxygen atoms in total. The summed E-state index contributed by atoms with van der Waals surface area (Å²) in [7, 11) is 1.34. The summed E-state index contributed by atoms with van der Waals surface area (Å²) in [5.74, 6) is -0.424. The normalized spacial score (nSPS) is 10.8. The molecular formula is C15H17NO3. The Kier molecular flexibility index (Phi) is 6.09. The third-order valence-corrected chi connectivity index (χ3v) is 2.33. The van der Waals surface area contributed by atoms with Crippen LogP contribution in [-0.2, 0) is 14.3 Å². The number of hydrogen-bond donors (Lipinski definition) is 1. The predicted molar refractivity (Wildman–Crippen MR) is 75.2 cm³/mol. The van der Waals surface area contributed by atoms with Crippen molar-refractivity contribution in [2.24, 2.45) is 0 Å². The fraction of sp³-hybridized carbons (Fsp3) is 0.200. The van der Waals surface area contributed by atoms with Crippen LogP contribution in [0.2, 0.25) is 0 Å². The maximum atomic E-state index is 10.9. The number of esters is 1. The van der Waals surface area contributed by atoms with Gasteiger partial charge in [0.1, 0.15) is 0 Å². The summed E-state index contributed by atoms with van der Waals surface area (Å²) in [5.41, 5.74) is 1.95. The van der Waals surface area contributed by atoms with Crippen molar-refractivity contribution in [2.45, 2.75) is 6.92 Å². The largest absolute Gasteiger partial charge is 0.466 e. The number of ether oxygens (including phenoxy) is 1. The van der Waals surface area contributed by atoms with E-state index in [1.807, 2.05) is 36.4 Å². The van der Waals surface area contributed by atoms with Crippen LogP contribution in [-0.4, -0.2) is 25.5 Å². The Morgan fingerprint density at radius 1 is 1.16 bits per heavy atom. The molecule has 0 unspecified atom stereocenters. The number of hydrogen-bond acceptors (Lipinski definition) is 3. The lowest BCUT2D eigenvalue weighted by molar-refractivity contribution is -0.134. The molecule has 19 heavy (non-hydrogen) atoms. The van der Waals surface area contributed by atoms with Gasteiger partial charge in [-0.15, -0.1) is 0 Å². The van der Waals surface area contributed by atoms with E-state index in [9.17, 15) is 9.59 Å². The Bertz CT molecular complexity index is 487. The standard InChI is InChI=1S/C15H17NO3/c1-12(17)16-11-3-4-13-5-7-14(8-6-13)9-10-15(18)19-2/h3-10H,11H2,1-2H3,(H,16,17)/b4-3?,10-9+. The zero-order chi connectivity index (χ0) is 14.1. The second-order valence-corrected chi connectivity index (χ2v) is 3.86. The van der Waals surface area contributed by atoms with Crippen LogP contribution < -0.4 is 5.32 Å². The summed E-state index contributed by atoms with van der Waals surface area (Å²) in [6.45, 7) is 2.00.